The highest BCUT2D eigenvalue weighted by molar-refractivity contribution is 6.39. The van der Waals surface area contributed by atoms with Gasteiger partial charge in [-0.15, -0.1) is 0 Å². The van der Waals surface area contributed by atoms with Gasteiger partial charge in [0.25, 0.3) is 0 Å². The monoisotopic (exact) mass is 344 g/mol. The molecule has 0 bridgehead atoms. The predicted molar refractivity (Wildman–Crippen MR) is 91.7 cm³/mol. The van der Waals surface area contributed by atoms with Crippen molar-refractivity contribution in [2.75, 3.05) is 26.0 Å². The van der Waals surface area contributed by atoms with Gasteiger partial charge < -0.3 is 20.8 Å². The van der Waals surface area contributed by atoms with E-state index in [-0.39, 0.29) is 12.6 Å². The third-order valence-corrected chi connectivity index (χ3v) is 3.58. The van der Waals surface area contributed by atoms with E-state index in [0.29, 0.717) is 17.0 Å². The second kappa shape index (κ2) is 8.11. The third kappa shape index (κ3) is 4.92. The minimum atomic E-state index is -0.802. The molecule has 0 aliphatic heterocycles. The van der Waals surface area contributed by atoms with Crippen molar-refractivity contribution < 1.29 is 18.8 Å². The fourth-order valence-electron chi connectivity index (χ4n) is 2.19. The molecule has 2 rings (SSSR count). The Morgan fingerprint density at radius 3 is 2.32 bits per heavy atom. The molecule has 0 aliphatic carbocycles. The number of likely N-dealkylation sites (N-methyl/N-ethyl adjacent to an activating group) is 1. The number of carbonyl (C=O) groups is 3. The summed E-state index contributed by atoms with van der Waals surface area (Å²) in [4.78, 5) is 36.8. The number of primary amides is 1. The van der Waals surface area contributed by atoms with Crippen molar-refractivity contribution in [2.24, 2.45) is 5.73 Å². The fourth-order valence-corrected chi connectivity index (χ4v) is 2.19. The summed E-state index contributed by atoms with van der Waals surface area (Å²) in [5.41, 5.74) is 5.85. The van der Waals surface area contributed by atoms with Crippen molar-refractivity contribution in [1.82, 2.24) is 10.2 Å². The zero-order chi connectivity index (χ0) is 18.4. The summed E-state index contributed by atoms with van der Waals surface area (Å²) in [7, 11) is 3.69. The van der Waals surface area contributed by atoms with E-state index >= 15 is 0 Å². The second-order valence-electron chi connectivity index (χ2n) is 5.60. The number of nitrogens with two attached hydrogens (primary N) is 1. The molecular formula is C17H20N4O4. The molecule has 0 saturated heterocycles. The van der Waals surface area contributed by atoms with Crippen LogP contribution in [0.3, 0.4) is 0 Å². The van der Waals surface area contributed by atoms with Gasteiger partial charge >= 0.3 is 11.8 Å². The van der Waals surface area contributed by atoms with Crippen LogP contribution in [0.25, 0.3) is 0 Å². The Morgan fingerprint density at radius 2 is 1.80 bits per heavy atom. The maximum atomic E-state index is 12.0. The van der Waals surface area contributed by atoms with Crippen LogP contribution in [0.2, 0.25) is 0 Å². The Morgan fingerprint density at radius 1 is 1.12 bits per heavy atom. The number of benzene rings is 1. The Bertz CT molecular complexity index is 739. The smallest absolute Gasteiger partial charge is 0.313 e. The molecule has 0 fully saturated rings. The van der Waals surface area contributed by atoms with Gasteiger partial charge in [0.2, 0.25) is 5.91 Å². The molecule has 8 nitrogen and oxygen atoms in total. The number of nitrogens with zero attached hydrogens (tertiary/aromatic N) is 1. The standard InChI is InChI=1S/C17H20N4O4/c1-21(2)13(14-4-3-9-25-14)10-19-16(23)17(24)20-12-7-5-11(6-8-12)15(18)22/h3-9,13H,10H2,1-2H3,(H2,18,22)(H,19,23)(H,20,24). The van der Waals surface area contributed by atoms with Gasteiger partial charge in [0.1, 0.15) is 5.76 Å². The normalized spacial score (nSPS) is 11.8. The number of amides is 3. The lowest BCUT2D eigenvalue weighted by molar-refractivity contribution is -0.136. The third-order valence-electron chi connectivity index (χ3n) is 3.58. The van der Waals surface area contributed by atoms with Gasteiger partial charge in [-0.25, -0.2) is 0 Å². The molecule has 1 aromatic carbocycles. The molecular weight excluding hydrogens is 324 g/mol. The van der Waals surface area contributed by atoms with E-state index in [1.165, 1.54) is 24.3 Å². The van der Waals surface area contributed by atoms with Crippen molar-refractivity contribution in [3.05, 3.63) is 54.0 Å². The van der Waals surface area contributed by atoms with Gasteiger partial charge in [-0.2, -0.15) is 0 Å². The van der Waals surface area contributed by atoms with Crippen molar-refractivity contribution >= 4 is 23.4 Å². The molecule has 0 saturated carbocycles. The molecule has 25 heavy (non-hydrogen) atoms. The number of carbonyl (C=O) groups excluding carboxylic acids is 3. The number of hydrogen-bond acceptors (Lipinski definition) is 5. The Kier molecular flexibility index (Phi) is 5.91. The van der Waals surface area contributed by atoms with E-state index in [1.807, 2.05) is 19.0 Å². The van der Waals surface area contributed by atoms with Crippen LogP contribution in [0.15, 0.2) is 47.1 Å². The van der Waals surface area contributed by atoms with E-state index in [9.17, 15) is 14.4 Å². The summed E-state index contributed by atoms with van der Waals surface area (Å²) in [6.45, 7) is 0.216. The molecule has 1 aromatic heterocycles. The molecule has 4 N–H and O–H groups in total. The summed E-state index contributed by atoms with van der Waals surface area (Å²) >= 11 is 0. The highest BCUT2D eigenvalue weighted by atomic mass is 16.3. The number of anilines is 1. The van der Waals surface area contributed by atoms with E-state index in [2.05, 4.69) is 10.6 Å². The topological polar surface area (TPSA) is 118 Å². The zero-order valence-corrected chi connectivity index (χ0v) is 14.0. The van der Waals surface area contributed by atoms with Gasteiger partial charge in [0, 0.05) is 17.8 Å². The second-order valence-corrected chi connectivity index (χ2v) is 5.60. The number of rotatable bonds is 6. The van der Waals surface area contributed by atoms with E-state index in [0.717, 1.165) is 0 Å². The zero-order valence-electron chi connectivity index (χ0n) is 14.0. The van der Waals surface area contributed by atoms with Gasteiger partial charge in [-0.05, 0) is 50.5 Å². The average Bonchev–Trinajstić information content (AvgIpc) is 3.09. The Balaban J connectivity index is 1.91. The first-order chi connectivity index (χ1) is 11.9. The largest absolute Gasteiger partial charge is 0.468 e. The molecule has 1 heterocycles. The molecule has 2 aromatic rings. The highest BCUT2D eigenvalue weighted by Gasteiger charge is 2.20. The fraction of sp³-hybridized carbons (Fsp3) is 0.235. The van der Waals surface area contributed by atoms with Crippen molar-refractivity contribution in [3.63, 3.8) is 0 Å². The van der Waals surface area contributed by atoms with Crippen LogP contribution >= 0.6 is 0 Å². The quantitative estimate of drug-likeness (QED) is 0.668. The Labute approximate surface area is 145 Å². The summed E-state index contributed by atoms with van der Waals surface area (Å²) in [5.74, 6) is -1.45. The van der Waals surface area contributed by atoms with Crippen molar-refractivity contribution in [3.8, 4) is 0 Å². The minimum absolute atomic E-state index is 0.193. The summed E-state index contributed by atoms with van der Waals surface area (Å²) in [6, 6.07) is 9.30. The van der Waals surface area contributed by atoms with Crippen LogP contribution in [0.4, 0.5) is 5.69 Å². The lowest BCUT2D eigenvalue weighted by atomic mass is 10.2. The molecule has 0 spiro atoms. The average molecular weight is 344 g/mol. The van der Waals surface area contributed by atoms with Gasteiger partial charge in [0.05, 0.1) is 12.3 Å². The van der Waals surface area contributed by atoms with Crippen LogP contribution in [0, 0.1) is 0 Å². The van der Waals surface area contributed by atoms with Gasteiger partial charge in [-0.3, -0.25) is 19.3 Å². The molecule has 8 heteroatoms. The van der Waals surface area contributed by atoms with E-state index < -0.39 is 17.7 Å². The predicted octanol–water partition coefficient (Wildman–Crippen LogP) is 0.736. The number of nitrogens with one attached hydrogen (secondary N) is 2. The van der Waals surface area contributed by atoms with Crippen LogP contribution in [0.5, 0.6) is 0 Å². The van der Waals surface area contributed by atoms with E-state index in [1.54, 1.807) is 18.4 Å². The van der Waals surface area contributed by atoms with Crippen LogP contribution in [-0.4, -0.2) is 43.3 Å². The van der Waals surface area contributed by atoms with Crippen LogP contribution in [0.1, 0.15) is 22.2 Å². The lowest BCUT2D eigenvalue weighted by Crippen LogP contribution is -2.40. The minimum Gasteiger partial charge on any atom is -0.468 e. The van der Waals surface area contributed by atoms with Crippen LogP contribution in [-0.2, 0) is 9.59 Å². The van der Waals surface area contributed by atoms with Crippen molar-refractivity contribution in [2.45, 2.75) is 6.04 Å². The first-order valence-corrected chi connectivity index (χ1v) is 7.57. The SMILES string of the molecule is CN(C)C(CNC(=O)C(=O)Nc1ccc(C(N)=O)cc1)c1ccco1. The first kappa shape index (κ1) is 18.2. The molecule has 0 radical (unpaired) electrons. The first-order valence-electron chi connectivity index (χ1n) is 7.57. The van der Waals surface area contributed by atoms with Gasteiger partial charge in [0.15, 0.2) is 0 Å². The van der Waals surface area contributed by atoms with Gasteiger partial charge in [-0.1, -0.05) is 0 Å². The highest BCUT2D eigenvalue weighted by Crippen LogP contribution is 2.17. The molecule has 1 atom stereocenters. The molecule has 3 amide bonds. The summed E-state index contributed by atoms with van der Waals surface area (Å²) in [5, 5.41) is 5.03. The summed E-state index contributed by atoms with van der Waals surface area (Å²) < 4.78 is 5.34. The maximum Gasteiger partial charge on any atom is 0.313 e. The summed E-state index contributed by atoms with van der Waals surface area (Å²) in [6.07, 6.45) is 1.55. The Hall–Kier alpha value is -3.13. The van der Waals surface area contributed by atoms with Crippen molar-refractivity contribution in [1.29, 1.82) is 0 Å². The molecule has 1 unspecified atom stereocenters. The number of furan rings is 1. The van der Waals surface area contributed by atoms with E-state index in [4.69, 9.17) is 10.2 Å². The molecule has 132 valence electrons. The van der Waals surface area contributed by atoms with Crippen LogP contribution < -0.4 is 16.4 Å². The lowest BCUT2D eigenvalue weighted by Gasteiger charge is -2.22. The maximum absolute atomic E-state index is 12.0. The number of hydrogen-bond donors (Lipinski definition) is 3. The molecule has 0 aliphatic rings.